The van der Waals surface area contributed by atoms with Crippen molar-refractivity contribution in [2.75, 3.05) is 0 Å². The molecule has 0 saturated heterocycles. The van der Waals surface area contributed by atoms with E-state index < -0.39 is 6.04 Å². The monoisotopic (exact) mass is 407 g/mol. The zero-order valence-corrected chi connectivity index (χ0v) is 17.3. The van der Waals surface area contributed by atoms with E-state index in [1.54, 1.807) is 0 Å². The Labute approximate surface area is 183 Å². The van der Waals surface area contributed by atoms with E-state index >= 15 is 0 Å². The predicted molar refractivity (Wildman–Crippen MR) is 125 cm³/mol. The fourth-order valence-corrected chi connectivity index (χ4v) is 3.49. The van der Waals surface area contributed by atoms with Gasteiger partial charge >= 0.3 is 5.97 Å². The first kappa shape index (κ1) is 20.6. The SMILES string of the molecule is N[C@@H](Cc1ccc(-c2ccc(-c3ccccc3)cc2)cc1)C(=O)OCc1ccccc1. The minimum absolute atomic E-state index is 0.241. The summed E-state index contributed by atoms with van der Waals surface area (Å²) in [5.74, 6) is -0.385. The Hall–Kier alpha value is -3.69. The van der Waals surface area contributed by atoms with Crippen molar-refractivity contribution in [2.24, 2.45) is 5.73 Å². The average Bonchev–Trinajstić information content (AvgIpc) is 2.84. The molecule has 0 aliphatic heterocycles. The van der Waals surface area contributed by atoms with Gasteiger partial charge in [-0.15, -0.1) is 0 Å². The molecule has 0 aliphatic rings. The summed E-state index contributed by atoms with van der Waals surface area (Å²) in [6.45, 7) is 0.241. The summed E-state index contributed by atoms with van der Waals surface area (Å²) >= 11 is 0. The summed E-state index contributed by atoms with van der Waals surface area (Å²) in [6, 6.07) is 36.0. The van der Waals surface area contributed by atoms with Crippen LogP contribution in [0.1, 0.15) is 11.1 Å². The number of ether oxygens (including phenoxy) is 1. The first-order valence-electron chi connectivity index (χ1n) is 10.4. The van der Waals surface area contributed by atoms with Crippen molar-refractivity contribution >= 4 is 5.97 Å². The van der Waals surface area contributed by atoms with E-state index in [2.05, 4.69) is 48.5 Å². The van der Waals surface area contributed by atoms with Gasteiger partial charge in [-0.1, -0.05) is 109 Å². The third-order valence-electron chi connectivity index (χ3n) is 5.26. The molecule has 0 amide bonds. The highest BCUT2D eigenvalue weighted by Gasteiger charge is 2.16. The van der Waals surface area contributed by atoms with E-state index in [1.807, 2.05) is 60.7 Å². The summed E-state index contributed by atoms with van der Waals surface area (Å²) in [6.07, 6.45) is 0.445. The van der Waals surface area contributed by atoms with Crippen LogP contribution in [0.4, 0.5) is 0 Å². The standard InChI is InChI=1S/C28H25NO2/c29-27(28(30)31-20-22-7-3-1-4-8-22)19-21-11-13-24(14-12-21)26-17-15-25(16-18-26)23-9-5-2-6-10-23/h1-18,27H,19-20,29H2/t27-/m0/s1. The van der Waals surface area contributed by atoms with Gasteiger partial charge in [-0.05, 0) is 39.8 Å². The molecular weight excluding hydrogens is 382 g/mol. The number of carbonyl (C=O) groups is 1. The second-order valence-electron chi connectivity index (χ2n) is 7.54. The molecule has 0 heterocycles. The molecule has 31 heavy (non-hydrogen) atoms. The van der Waals surface area contributed by atoms with Crippen LogP contribution in [0, 0.1) is 0 Å². The van der Waals surface area contributed by atoms with Crippen LogP contribution < -0.4 is 5.73 Å². The molecule has 154 valence electrons. The first-order valence-corrected chi connectivity index (χ1v) is 10.4. The highest BCUT2D eigenvalue weighted by atomic mass is 16.5. The van der Waals surface area contributed by atoms with E-state index in [0.29, 0.717) is 6.42 Å². The number of carbonyl (C=O) groups excluding carboxylic acids is 1. The number of esters is 1. The van der Waals surface area contributed by atoms with Crippen molar-refractivity contribution in [1.29, 1.82) is 0 Å². The summed E-state index contributed by atoms with van der Waals surface area (Å²) in [5.41, 5.74) is 12.7. The highest BCUT2D eigenvalue weighted by Crippen LogP contribution is 2.25. The van der Waals surface area contributed by atoms with Gasteiger partial charge in [-0.2, -0.15) is 0 Å². The maximum Gasteiger partial charge on any atom is 0.323 e. The van der Waals surface area contributed by atoms with E-state index in [9.17, 15) is 4.79 Å². The highest BCUT2D eigenvalue weighted by molar-refractivity contribution is 5.76. The lowest BCUT2D eigenvalue weighted by Crippen LogP contribution is -2.34. The quantitative estimate of drug-likeness (QED) is 0.404. The molecule has 0 radical (unpaired) electrons. The molecule has 0 bridgehead atoms. The lowest BCUT2D eigenvalue weighted by Gasteiger charge is -2.12. The molecular formula is C28H25NO2. The predicted octanol–water partition coefficient (Wildman–Crippen LogP) is 5.63. The van der Waals surface area contributed by atoms with Crippen molar-refractivity contribution in [1.82, 2.24) is 0 Å². The number of nitrogens with two attached hydrogens (primary N) is 1. The van der Waals surface area contributed by atoms with Gasteiger partial charge in [0.2, 0.25) is 0 Å². The fourth-order valence-electron chi connectivity index (χ4n) is 3.49. The topological polar surface area (TPSA) is 52.3 Å². The molecule has 0 unspecified atom stereocenters. The first-order chi connectivity index (χ1) is 15.2. The zero-order valence-electron chi connectivity index (χ0n) is 17.3. The fraction of sp³-hybridized carbons (Fsp3) is 0.107. The second-order valence-corrected chi connectivity index (χ2v) is 7.54. The van der Waals surface area contributed by atoms with Crippen LogP contribution in [0.5, 0.6) is 0 Å². The van der Waals surface area contributed by atoms with Gasteiger partial charge in [0.15, 0.2) is 0 Å². The molecule has 0 fully saturated rings. The van der Waals surface area contributed by atoms with Crippen LogP contribution >= 0.6 is 0 Å². The lowest BCUT2D eigenvalue weighted by atomic mass is 9.98. The van der Waals surface area contributed by atoms with Crippen molar-refractivity contribution in [3.63, 3.8) is 0 Å². The number of hydrogen-bond donors (Lipinski definition) is 1. The van der Waals surface area contributed by atoms with Gasteiger partial charge in [0.05, 0.1) is 0 Å². The van der Waals surface area contributed by atoms with E-state index in [0.717, 1.165) is 22.3 Å². The summed E-state index contributed by atoms with van der Waals surface area (Å²) < 4.78 is 5.34. The molecule has 2 N–H and O–H groups in total. The second kappa shape index (κ2) is 9.88. The van der Waals surface area contributed by atoms with E-state index in [-0.39, 0.29) is 12.6 Å². The van der Waals surface area contributed by atoms with Gasteiger partial charge in [0, 0.05) is 0 Å². The Morgan fingerprint density at radius 2 is 1.06 bits per heavy atom. The molecule has 0 saturated carbocycles. The maximum atomic E-state index is 12.2. The van der Waals surface area contributed by atoms with Crippen LogP contribution in [0.2, 0.25) is 0 Å². The summed E-state index contributed by atoms with van der Waals surface area (Å²) in [4.78, 5) is 12.2. The molecule has 0 aliphatic carbocycles. The van der Waals surface area contributed by atoms with Crippen LogP contribution in [0.3, 0.4) is 0 Å². The van der Waals surface area contributed by atoms with Crippen molar-refractivity contribution in [2.45, 2.75) is 19.1 Å². The van der Waals surface area contributed by atoms with Crippen LogP contribution in [0.15, 0.2) is 109 Å². The smallest absolute Gasteiger partial charge is 0.323 e. The third-order valence-corrected chi connectivity index (χ3v) is 5.26. The van der Waals surface area contributed by atoms with Crippen LogP contribution in [0.25, 0.3) is 22.3 Å². The van der Waals surface area contributed by atoms with Gasteiger partial charge in [0.1, 0.15) is 12.6 Å². The molecule has 4 rings (SSSR count). The number of benzene rings is 4. The Balaban J connectivity index is 1.35. The minimum atomic E-state index is -0.681. The molecule has 3 heteroatoms. The molecule has 0 aromatic heterocycles. The lowest BCUT2D eigenvalue weighted by molar-refractivity contribution is -0.146. The molecule has 0 spiro atoms. The van der Waals surface area contributed by atoms with Gasteiger partial charge < -0.3 is 10.5 Å². The number of rotatable bonds is 7. The Bertz CT molecular complexity index is 1110. The van der Waals surface area contributed by atoms with Crippen molar-refractivity contribution in [3.8, 4) is 22.3 Å². The number of hydrogen-bond acceptors (Lipinski definition) is 3. The van der Waals surface area contributed by atoms with Crippen LogP contribution in [-0.2, 0) is 22.6 Å². The van der Waals surface area contributed by atoms with Crippen LogP contribution in [-0.4, -0.2) is 12.0 Å². The Kier molecular flexibility index (Phi) is 6.56. The molecule has 4 aromatic carbocycles. The third kappa shape index (κ3) is 5.47. The van der Waals surface area contributed by atoms with Gasteiger partial charge in [0.25, 0.3) is 0 Å². The normalized spacial score (nSPS) is 11.6. The summed E-state index contributed by atoms with van der Waals surface area (Å²) in [5, 5.41) is 0. The average molecular weight is 408 g/mol. The van der Waals surface area contributed by atoms with E-state index in [4.69, 9.17) is 10.5 Å². The molecule has 3 nitrogen and oxygen atoms in total. The van der Waals surface area contributed by atoms with Gasteiger partial charge in [-0.25, -0.2) is 0 Å². The van der Waals surface area contributed by atoms with Crippen molar-refractivity contribution < 1.29 is 9.53 Å². The largest absolute Gasteiger partial charge is 0.460 e. The zero-order chi connectivity index (χ0) is 21.5. The molecule has 1 atom stereocenters. The Morgan fingerprint density at radius 3 is 1.61 bits per heavy atom. The van der Waals surface area contributed by atoms with E-state index in [1.165, 1.54) is 11.1 Å². The minimum Gasteiger partial charge on any atom is -0.460 e. The van der Waals surface area contributed by atoms with Gasteiger partial charge in [-0.3, -0.25) is 4.79 Å². The maximum absolute atomic E-state index is 12.2. The molecule has 4 aromatic rings. The summed E-state index contributed by atoms with van der Waals surface area (Å²) in [7, 11) is 0. The van der Waals surface area contributed by atoms with Crippen molar-refractivity contribution in [3.05, 3.63) is 120 Å². The Morgan fingerprint density at radius 1 is 0.613 bits per heavy atom.